The van der Waals surface area contributed by atoms with Crippen LogP contribution >= 0.6 is 11.8 Å². The Bertz CT molecular complexity index is 1120. The van der Waals surface area contributed by atoms with Crippen molar-refractivity contribution in [3.8, 4) is 0 Å². The van der Waals surface area contributed by atoms with Crippen molar-refractivity contribution in [1.29, 1.82) is 0 Å². The van der Waals surface area contributed by atoms with Crippen molar-refractivity contribution < 1.29 is 0 Å². The summed E-state index contributed by atoms with van der Waals surface area (Å²) in [7, 11) is 2.24. The molecule has 0 aliphatic carbocycles. The minimum atomic E-state index is 0.186. The van der Waals surface area contributed by atoms with Gasteiger partial charge in [-0.05, 0) is 99.7 Å². The number of thioether (sulfide) groups is 1. The molecule has 2 heterocycles. The molecule has 4 atom stereocenters. The van der Waals surface area contributed by atoms with Crippen molar-refractivity contribution in [3.05, 3.63) is 53.5 Å². The molecule has 4 unspecified atom stereocenters. The molecule has 1 fully saturated rings. The number of hydrogen-bond donors (Lipinski definition) is 2. The van der Waals surface area contributed by atoms with Crippen LogP contribution in [0, 0.1) is 10.8 Å². The highest BCUT2D eigenvalue weighted by Crippen LogP contribution is 2.37. The minimum Gasteiger partial charge on any atom is -0.388 e. The average molecular weight is 566 g/mol. The summed E-state index contributed by atoms with van der Waals surface area (Å²) in [6.45, 7) is 23.6. The quantitative estimate of drug-likeness (QED) is 0.198. The van der Waals surface area contributed by atoms with E-state index in [1.54, 1.807) is 0 Å². The molecule has 0 spiro atoms. The molecule has 40 heavy (non-hydrogen) atoms. The largest absolute Gasteiger partial charge is 0.388 e. The Labute approximate surface area is 249 Å². The first-order chi connectivity index (χ1) is 18.6. The zero-order valence-electron chi connectivity index (χ0n) is 27.1. The van der Waals surface area contributed by atoms with Crippen molar-refractivity contribution >= 4 is 22.6 Å². The Morgan fingerprint density at radius 2 is 1.85 bits per heavy atom. The van der Waals surface area contributed by atoms with Crippen molar-refractivity contribution in [1.82, 2.24) is 15.5 Å². The summed E-state index contributed by atoms with van der Waals surface area (Å²) < 4.78 is 0. The highest BCUT2D eigenvalue weighted by Gasteiger charge is 2.32. The van der Waals surface area contributed by atoms with E-state index in [9.17, 15) is 0 Å². The average Bonchev–Trinajstić information content (AvgIpc) is 3.07. The van der Waals surface area contributed by atoms with Gasteiger partial charge in [-0.2, -0.15) is 0 Å². The van der Waals surface area contributed by atoms with E-state index < -0.39 is 0 Å². The Morgan fingerprint density at radius 3 is 2.52 bits per heavy atom. The van der Waals surface area contributed by atoms with Gasteiger partial charge in [-0.25, -0.2) is 4.99 Å². The van der Waals surface area contributed by atoms with Gasteiger partial charge in [-0.15, -0.1) is 0 Å². The van der Waals surface area contributed by atoms with Gasteiger partial charge < -0.3 is 15.5 Å². The molecule has 5 nitrogen and oxygen atoms in total. The lowest BCUT2D eigenvalue weighted by Gasteiger charge is -2.27. The molecular formula is C34H55N5S. The van der Waals surface area contributed by atoms with E-state index in [0.717, 1.165) is 48.1 Å². The third kappa shape index (κ3) is 10.1. The number of rotatable bonds is 7. The van der Waals surface area contributed by atoms with Crippen LogP contribution in [0.4, 0.5) is 0 Å². The maximum Gasteiger partial charge on any atom is 0.132 e. The van der Waals surface area contributed by atoms with Crippen LogP contribution in [0.15, 0.2) is 62.8 Å². The molecule has 0 aromatic heterocycles. The Hall–Kier alpha value is -2.05. The molecule has 0 amide bonds. The van der Waals surface area contributed by atoms with Gasteiger partial charge in [0.2, 0.25) is 0 Å². The second-order valence-electron chi connectivity index (χ2n) is 14.3. The lowest BCUT2D eigenvalue weighted by atomic mass is 9.87. The number of allylic oxidation sites excluding steroid dienone is 2. The maximum atomic E-state index is 5.21. The van der Waals surface area contributed by atoms with Gasteiger partial charge in [0.05, 0.1) is 16.9 Å². The van der Waals surface area contributed by atoms with Gasteiger partial charge >= 0.3 is 0 Å². The summed E-state index contributed by atoms with van der Waals surface area (Å²) in [4.78, 5) is 14.1. The molecule has 0 bridgehead atoms. The van der Waals surface area contributed by atoms with Gasteiger partial charge in [0, 0.05) is 23.5 Å². The van der Waals surface area contributed by atoms with Crippen LogP contribution in [-0.4, -0.2) is 47.5 Å². The lowest BCUT2D eigenvalue weighted by molar-refractivity contribution is 0.223. The molecule has 0 radical (unpaired) electrons. The lowest BCUT2D eigenvalue weighted by Crippen LogP contribution is -2.34. The fraction of sp³-hybridized carbons (Fsp3) is 0.647. The summed E-state index contributed by atoms with van der Waals surface area (Å²) in [5.41, 5.74) is 3.08. The number of fused-ring (bicyclic) bond motifs is 1. The summed E-state index contributed by atoms with van der Waals surface area (Å²) in [5.74, 6) is 2.32. The summed E-state index contributed by atoms with van der Waals surface area (Å²) in [6.07, 6.45) is 8.65. The molecule has 3 rings (SSSR count). The number of hydrogen-bond acceptors (Lipinski definition) is 5. The number of nitrogens with one attached hydrogen (secondary N) is 2. The second-order valence-corrected chi connectivity index (χ2v) is 15.5. The molecular weight excluding hydrogens is 510 g/mol. The third-order valence-corrected chi connectivity index (χ3v) is 9.26. The number of benzene rings is 1. The van der Waals surface area contributed by atoms with Crippen LogP contribution in [0.25, 0.3) is 0 Å². The molecule has 1 saturated heterocycles. The van der Waals surface area contributed by atoms with E-state index in [2.05, 4.69) is 128 Å². The van der Waals surface area contributed by atoms with Crippen LogP contribution in [0.1, 0.15) is 106 Å². The van der Waals surface area contributed by atoms with E-state index in [1.165, 1.54) is 16.9 Å². The van der Waals surface area contributed by atoms with Gasteiger partial charge in [0.25, 0.3) is 0 Å². The zero-order valence-corrected chi connectivity index (χ0v) is 27.9. The molecule has 222 valence electrons. The minimum absolute atomic E-state index is 0.186. The topological polar surface area (TPSA) is 52.0 Å². The SMILES string of the molecule is CC(=NC1CC(CC(C)(C)C)N(C)C1)N/C(=C\C(C)=C/NC(C)C(C)(C)C)N=C1CCC(C)c2ccccc2S1. The first kappa shape index (κ1) is 32.5. The van der Waals surface area contributed by atoms with Crippen LogP contribution in [0.5, 0.6) is 0 Å². The smallest absolute Gasteiger partial charge is 0.132 e. The monoisotopic (exact) mass is 565 g/mol. The van der Waals surface area contributed by atoms with Crippen LogP contribution in [-0.2, 0) is 0 Å². The highest BCUT2D eigenvalue weighted by molar-refractivity contribution is 8.14. The number of aliphatic imine (C=N–C) groups is 2. The Morgan fingerprint density at radius 1 is 1.15 bits per heavy atom. The molecule has 2 N–H and O–H groups in total. The predicted molar refractivity (Wildman–Crippen MR) is 176 cm³/mol. The normalized spacial score (nSPS) is 25.5. The number of likely N-dealkylation sites (N-methyl/N-ethyl adjacent to an activating group) is 1. The predicted octanol–water partition coefficient (Wildman–Crippen LogP) is 8.36. The van der Waals surface area contributed by atoms with Crippen LogP contribution in [0.2, 0.25) is 0 Å². The first-order valence-electron chi connectivity index (χ1n) is 15.1. The van der Waals surface area contributed by atoms with Gasteiger partial charge in [0.1, 0.15) is 5.82 Å². The molecule has 1 aromatic carbocycles. The number of nitrogens with zero attached hydrogens (tertiary/aromatic N) is 3. The van der Waals surface area contributed by atoms with Gasteiger partial charge in [-0.3, -0.25) is 4.99 Å². The van der Waals surface area contributed by atoms with E-state index in [-0.39, 0.29) is 5.41 Å². The van der Waals surface area contributed by atoms with E-state index in [0.29, 0.717) is 29.5 Å². The Balaban J connectivity index is 1.84. The van der Waals surface area contributed by atoms with Crippen molar-refractivity contribution in [2.24, 2.45) is 20.8 Å². The van der Waals surface area contributed by atoms with Crippen molar-refractivity contribution in [2.45, 2.75) is 124 Å². The van der Waals surface area contributed by atoms with Gasteiger partial charge in [-0.1, -0.05) is 78.4 Å². The van der Waals surface area contributed by atoms with E-state index >= 15 is 0 Å². The fourth-order valence-corrected chi connectivity index (χ4v) is 6.46. The molecule has 2 aliphatic rings. The van der Waals surface area contributed by atoms with E-state index in [4.69, 9.17) is 9.98 Å². The van der Waals surface area contributed by atoms with Gasteiger partial charge in [0.15, 0.2) is 0 Å². The molecule has 0 saturated carbocycles. The Kier molecular flexibility index (Phi) is 11.2. The van der Waals surface area contributed by atoms with E-state index in [1.807, 2.05) is 11.8 Å². The van der Waals surface area contributed by atoms with Crippen LogP contribution in [0.3, 0.4) is 0 Å². The molecule has 2 aliphatic heterocycles. The maximum absolute atomic E-state index is 5.21. The number of amidine groups is 1. The summed E-state index contributed by atoms with van der Waals surface area (Å²) in [6, 6.07) is 10.0. The summed E-state index contributed by atoms with van der Waals surface area (Å²) >= 11 is 1.81. The van der Waals surface area contributed by atoms with Crippen molar-refractivity contribution in [3.63, 3.8) is 0 Å². The highest BCUT2D eigenvalue weighted by atomic mass is 32.2. The first-order valence-corrected chi connectivity index (χ1v) is 15.9. The number of likely N-dealkylation sites (tertiary alicyclic amines) is 1. The fourth-order valence-electron chi connectivity index (χ4n) is 5.31. The second kappa shape index (κ2) is 13.7. The molecule has 1 aromatic rings. The standard InChI is InChI=1S/C34H55N5S/c1-23(21-35-25(3)34(8,9)10)18-31(38-32-17-16-24(2)29-14-12-13-15-30(29)40-32)37-26(4)36-27-19-28(39(11)22-27)20-33(5,6)7/h12-15,18,21,24-25,27-28,35H,16-17,19-20,22H2,1-11H3,(H,36,37)/b23-21-,31-18+,38-32?. The zero-order chi connectivity index (χ0) is 29.7. The van der Waals surface area contributed by atoms with Crippen molar-refractivity contribution in [2.75, 3.05) is 13.6 Å². The van der Waals surface area contributed by atoms with Crippen LogP contribution < -0.4 is 10.6 Å². The summed E-state index contributed by atoms with van der Waals surface area (Å²) in [5, 5.41) is 8.32. The molecule has 6 heteroatoms. The third-order valence-electron chi connectivity index (χ3n) is 8.14.